The summed E-state index contributed by atoms with van der Waals surface area (Å²) in [5, 5.41) is 13.2. The predicted molar refractivity (Wildman–Crippen MR) is 85.1 cm³/mol. The quantitative estimate of drug-likeness (QED) is 0.721. The number of alkyl halides is 3. The van der Waals surface area contributed by atoms with Gasteiger partial charge in [-0.1, -0.05) is 18.2 Å². The summed E-state index contributed by atoms with van der Waals surface area (Å²) in [5.41, 5.74) is 1.07. The van der Waals surface area contributed by atoms with E-state index in [0.717, 1.165) is 17.8 Å². The van der Waals surface area contributed by atoms with Gasteiger partial charge in [-0.2, -0.15) is 23.5 Å². The molecule has 0 saturated carbocycles. The van der Waals surface area contributed by atoms with Crippen LogP contribution in [0.25, 0.3) is 5.69 Å². The minimum absolute atomic E-state index is 0.202. The molecule has 3 aromatic rings. The number of benzene rings is 2. The maximum Gasteiger partial charge on any atom is 0.416 e. The molecule has 0 aliphatic rings. The minimum atomic E-state index is -4.37. The standard InChI is InChI=1S/C18H13F3N4/c1-12-23-17(10-14-3-2-4-15(9-14)18(19,20)21)24-25(12)16-7-5-13(11-22)6-8-16/h2-9H,10H2,1H3. The van der Waals surface area contributed by atoms with E-state index in [1.54, 1.807) is 41.9 Å². The molecule has 0 radical (unpaired) electrons. The van der Waals surface area contributed by atoms with Gasteiger partial charge in [-0.05, 0) is 42.8 Å². The number of nitriles is 1. The van der Waals surface area contributed by atoms with Gasteiger partial charge in [0.2, 0.25) is 0 Å². The first-order chi connectivity index (χ1) is 11.9. The van der Waals surface area contributed by atoms with E-state index in [1.165, 1.54) is 6.07 Å². The topological polar surface area (TPSA) is 54.5 Å². The van der Waals surface area contributed by atoms with E-state index in [4.69, 9.17) is 5.26 Å². The molecule has 0 bridgehead atoms. The first kappa shape index (κ1) is 16.7. The zero-order valence-corrected chi connectivity index (χ0v) is 13.2. The summed E-state index contributed by atoms with van der Waals surface area (Å²) < 4.78 is 40.0. The molecule has 0 aliphatic carbocycles. The van der Waals surface area contributed by atoms with Crippen molar-refractivity contribution in [2.24, 2.45) is 0 Å². The van der Waals surface area contributed by atoms with Crippen molar-refractivity contribution in [2.45, 2.75) is 19.5 Å². The lowest BCUT2D eigenvalue weighted by atomic mass is 10.1. The Morgan fingerprint density at radius 2 is 1.84 bits per heavy atom. The van der Waals surface area contributed by atoms with Crippen molar-refractivity contribution in [3.8, 4) is 11.8 Å². The van der Waals surface area contributed by atoms with Gasteiger partial charge in [0, 0.05) is 6.42 Å². The van der Waals surface area contributed by atoms with Gasteiger partial charge >= 0.3 is 6.18 Å². The molecule has 0 fully saturated rings. The lowest BCUT2D eigenvalue weighted by molar-refractivity contribution is -0.137. The summed E-state index contributed by atoms with van der Waals surface area (Å²) in [7, 11) is 0. The highest BCUT2D eigenvalue weighted by Crippen LogP contribution is 2.29. The Morgan fingerprint density at radius 1 is 1.12 bits per heavy atom. The fraction of sp³-hybridized carbons (Fsp3) is 0.167. The van der Waals surface area contributed by atoms with Crippen molar-refractivity contribution in [1.29, 1.82) is 5.26 Å². The highest BCUT2D eigenvalue weighted by Gasteiger charge is 2.30. The third-order valence-corrected chi connectivity index (χ3v) is 3.67. The van der Waals surface area contributed by atoms with Gasteiger partial charge < -0.3 is 0 Å². The summed E-state index contributed by atoms with van der Waals surface area (Å²) in [5.74, 6) is 1.05. The van der Waals surface area contributed by atoms with Crippen molar-refractivity contribution >= 4 is 0 Å². The van der Waals surface area contributed by atoms with Crippen LogP contribution in [0.5, 0.6) is 0 Å². The van der Waals surface area contributed by atoms with Gasteiger partial charge in [0.15, 0.2) is 5.82 Å². The minimum Gasteiger partial charge on any atom is -0.218 e. The summed E-state index contributed by atoms with van der Waals surface area (Å²) in [6.45, 7) is 1.76. The fourth-order valence-electron chi connectivity index (χ4n) is 2.48. The lowest BCUT2D eigenvalue weighted by Crippen LogP contribution is -2.05. The second-order valence-corrected chi connectivity index (χ2v) is 5.52. The second-order valence-electron chi connectivity index (χ2n) is 5.52. The van der Waals surface area contributed by atoms with Crippen molar-refractivity contribution in [2.75, 3.05) is 0 Å². The monoisotopic (exact) mass is 342 g/mol. The maximum atomic E-state index is 12.8. The molecule has 0 N–H and O–H groups in total. The number of aryl methyl sites for hydroxylation is 1. The number of nitrogens with zero attached hydrogens (tertiary/aromatic N) is 4. The zero-order chi connectivity index (χ0) is 18.0. The summed E-state index contributed by atoms with van der Waals surface area (Å²) in [6, 6.07) is 14.0. The molecule has 0 unspecified atom stereocenters. The number of aromatic nitrogens is 3. The average molecular weight is 342 g/mol. The van der Waals surface area contributed by atoms with Crippen LogP contribution in [0, 0.1) is 18.3 Å². The van der Waals surface area contributed by atoms with Crippen molar-refractivity contribution in [3.05, 3.63) is 76.9 Å². The number of hydrogen-bond acceptors (Lipinski definition) is 3. The van der Waals surface area contributed by atoms with Crippen LogP contribution in [-0.2, 0) is 12.6 Å². The molecule has 1 heterocycles. The average Bonchev–Trinajstić information content (AvgIpc) is 2.95. The molecule has 3 rings (SSSR count). The van der Waals surface area contributed by atoms with Crippen LogP contribution in [0.3, 0.4) is 0 Å². The number of hydrogen-bond donors (Lipinski definition) is 0. The molecule has 25 heavy (non-hydrogen) atoms. The third kappa shape index (κ3) is 3.69. The van der Waals surface area contributed by atoms with Crippen molar-refractivity contribution in [3.63, 3.8) is 0 Å². The van der Waals surface area contributed by atoms with Gasteiger partial charge in [0.25, 0.3) is 0 Å². The summed E-state index contributed by atoms with van der Waals surface area (Å²) in [4.78, 5) is 4.32. The lowest BCUT2D eigenvalue weighted by Gasteiger charge is -2.07. The van der Waals surface area contributed by atoms with Crippen LogP contribution >= 0.6 is 0 Å². The normalized spacial score (nSPS) is 11.3. The summed E-state index contributed by atoms with van der Waals surface area (Å²) in [6.07, 6.45) is -4.17. The molecular formula is C18H13F3N4. The van der Waals surface area contributed by atoms with Gasteiger partial charge in [-0.3, -0.25) is 0 Å². The molecule has 1 aromatic heterocycles. The van der Waals surface area contributed by atoms with E-state index in [0.29, 0.717) is 22.8 Å². The molecule has 0 spiro atoms. The Balaban J connectivity index is 1.87. The Morgan fingerprint density at radius 3 is 2.48 bits per heavy atom. The smallest absolute Gasteiger partial charge is 0.218 e. The van der Waals surface area contributed by atoms with Crippen LogP contribution in [-0.4, -0.2) is 14.8 Å². The maximum absolute atomic E-state index is 12.8. The largest absolute Gasteiger partial charge is 0.416 e. The second kappa shape index (κ2) is 6.40. The van der Waals surface area contributed by atoms with Crippen LogP contribution in [0.1, 0.15) is 28.3 Å². The number of halogens is 3. The zero-order valence-electron chi connectivity index (χ0n) is 13.2. The Labute approximate surface area is 142 Å². The van der Waals surface area contributed by atoms with E-state index in [1.807, 2.05) is 6.07 Å². The van der Waals surface area contributed by atoms with Gasteiger partial charge in [0.1, 0.15) is 5.82 Å². The molecule has 4 nitrogen and oxygen atoms in total. The Hall–Kier alpha value is -3.14. The Kier molecular flexibility index (Phi) is 4.28. The molecule has 7 heteroatoms. The fourth-order valence-corrected chi connectivity index (χ4v) is 2.48. The van der Waals surface area contributed by atoms with Crippen LogP contribution in [0.2, 0.25) is 0 Å². The van der Waals surface area contributed by atoms with Crippen LogP contribution in [0.15, 0.2) is 48.5 Å². The highest BCUT2D eigenvalue weighted by molar-refractivity contribution is 5.39. The Bertz CT molecular complexity index is 934. The van der Waals surface area contributed by atoms with E-state index in [2.05, 4.69) is 10.1 Å². The molecule has 0 saturated heterocycles. The third-order valence-electron chi connectivity index (χ3n) is 3.67. The van der Waals surface area contributed by atoms with E-state index in [9.17, 15) is 13.2 Å². The van der Waals surface area contributed by atoms with Crippen LogP contribution < -0.4 is 0 Å². The van der Waals surface area contributed by atoms with E-state index < -0.39 is 11.7 Å². The van der Waals surface area contributed by atoms with Crippen LogP contribution in [0.4, 0.5) is 13.2 Å². The van der Waals surface area contributed by atoms with Crippen molar-refractivity contribution in [1.82, 2.24) is 14.8 Å². The molecule has 2 aromatic carbocycles. The molecule has 126 valence electrons. The SMILES string of the molecule is Cc1nc(Cc2cccc(C(F)(F)F)c2)nn1-c1ccc(C#N)cc1. The predicted octanol–water partition coefficient (Wildman–Crippen LogP) is 4.06. The van der Waals surface area contributed by atoms with Gasteiger partial charge in [-0.15, -0.1) is 0 Å². The first-order valence-electron chi connectivity index (χ1n) is 7.46. The van der Waals surface area contributed by atoms with E-state index in [-0.39, 0.29) is 6.42 Å². The highest BCUT2D eigenvalue weighted by atomic mass is 19.4. The number of rotatable bonds is 3. The van der Waals surface area contributed by atoms with Crippen molar-refractivity contribution < 1.29 is 13.2 Å². The first-order valence-corrected chi connectivity index (χ1v) is 7.46. The molecule has 0 amide bonds. The van der Waals surface area contributed by atoms with Gasteiger partial charge in [0.05, 0.1) is 22.9 Å². The van der Waals surface area contributed by atoms with E-state index >= 15 is 0 Å². The van der Waals surface area contributed by atoms with Gasteiger partial charge in [-0.25, -0.2) is 9.67 Å². The molecule has 0 aliphatic heterocycles. The molecule has 0 atom stereocenters. The summed E-state index contributed by atoms with van der Waals surface area (Å²) >= 11 is 0. The molecular weight excluding hydrogens is 329 g/mol.